The minimum Gasteiger partial charge on any atom is -0.507 e. The van der Waals surface area contributed by atoms with E-state index in [1.165, 1.54) is 23.6 Å². The summed E-state index contributed by atoms with van der Waals surface area (Å²) < 4.78 is 1.66. The van der Waals surface area contributed by atoms with Crippen molar-refractivity contribution in [2.24, 2.45) is 5.10 Å². The molecule has 0 radical (unpaired) electrons. The first-order valence-electron chi connectivity index (χ1n) is 7.71. The van der Waals surface area contributed by atoms with Gasteiger partial charge in [0, 0.05) is 20.1 Å². The van der Waals surface area contributed by atoms with Crippen LogP contribution in [0.3, 0.4) is 0 Å². The number of hydrazone groups is 1. The lowest BCUT2D eigenvalue weighted by atomic mass is 10.2. The number of hydrogen-bond acceptors (Lipinski definition) is 5. The Kier molecular flexibility index (Phi) is 6.10. The number of carbonyl (C=O) groups excluding carboxylic acids is 2. The number of phenols is 1. The molecule has 3 aromatic rings. The number of nitrogens with zero attached hydrogens (tertiary/aromatic N) is 1. The third-order valence-electron chi connectivity index (χ3n) is 3.53. The van der Waals surface area contributed by atoms with Crippen molar-refractivity contribution >= 4 is 67.0 Å². The summed E-state index contributed by atoms with van der Waals surface area (Å²) in [4.78, 5) is 24.5. The third kappa shape index (κ3) is 4.65. The van der Waals surface area contributed by atoms with Gasteiger partial charge in [0.1, 0.15) is 10.6 Å². The van der Waals surface area contributed by atoms with E-state index in [-0.39, 0.29) is 12.3 Å². The number of rotatable bonds is 5. The SMILES string of the molecule is O=C(CNC(=O)c1sc2ccccc2c1Cl)N/N=C/c1cc(Br)ccc1O. The molecule has 138 valence electrons. The van der Waals surface area contributed by atoms with Crippen molar-refractivity contribution in [3.05, 3.63) is 62.4 Å². The smallest absolute Gasteiger partial charge is 0.263 e. The zero-order chi connectivity index (χ0) is 19.4. The molecule has 0 bridgehead atoms. The van der Waals surface area contributed by atoms with E-state index in [0.29, 0.717) is 15.5 Å². The molecule has 2 aromatic carbocycles. The molecule has 0 aliphatic heterocycles. The van der Waals surface area contributed by atoms with Crippen LogP contribution in [0, 0.1) is 0 Å². The van der Waals surface area contributed by atoms with Gasteiger partial charge in [-0.2, -0.15) is 5.10 Å². The maximum Gasteiger partial charge on any atom is 0.263 e. The molecule has 0 aliphatic carbocycles. The summed E-state index contributed by atoms with van der Waals surface area (Å²) in [6.45, 7) is -0.259. The van der Waals surface area contributed by atoms with E-state index in [1.807, 2.05) is 24.3 Å². The van der Waals surface area contributed by atoms with Crippen molar-refractivity contribution in [3.8, 4) is 5.75 Å². The maximum atomic E-state index is 12.3. The van der Waals surface area contributed by atoms with E-state index in [9.17, 15) is 14.7 Å². The molecule has 0 atom stereocenters. The van der Waals surface area contributed by atoms with E-state index >= 15 is 0 Å². The van der Waals surface area contributed by atoms with Crippen LogP contribution in [0.4, 0.5) is 0 Å². The molecule has 3 N–H and O–H groups in total. The van der Waals surface area contributed by atoms with Crippen LogP contribution in [0.15, 0.2) is 52.0 Å². The summed E-state index contributed by atoms with van der Waals surface area (Å²) in [7, 11) is 0. The predicted octanol–water partition coefficient (Wildman–Crippen LogP) is 3.90. The Bertz CT molecular complexity index is 1050. The average molecular weight is 467 g/mol. The zero-order valence-electron chi connectivity index (χ0n) is 13.7. The van der Waals surface area contributed by atoms with Crippen molar-refractivity contribution < 1.29 is 14.7 Å². The molecule has 2 amide bonds. The zero-order valence-corrected chi connectivity index (χ0v) is 16.9. The van der Waals surface area contributed by atoms with E-state index in [1.54, 1.807) is 12.1 Å². The van der Waals surface area contributed by atoms with Gasteiger partial charge < -0.3 is 10.4 Å². The van der Waals surface area contributed by atoms with Crippen LogP contribution in [0.1, 0.15) is 15.2 Å². The van der Waals surface area contributed by atoms with Gasteiger partial charge in [-0.15, -0.1) is 11.3 Å². The lowest BCUT2D eigenvalue weighted by molar-refractivity contribution is -0.120. The number of fused-ring (bicyclic) bond motifs is 1. The minimum absolute atomic E-state index is 0.0314. The second-order valence-corrected chi connectivity index (χ2v) is 7.77. The first-order chi connectivity index (χ1) is 13.0. The van der Waals surface area contributed by atoms with Crippen molar-refractivity contribution in [1.29, 1.82) is 0 Å². The second-order valence-electron chi connectivity index (χ2n) is 5.42. The molecule has 9 heteroatoms. The van der Waals surface area contributed by atoms with Gasteiger partial charge in [0.2, 0.25) is 0 Å². The summed E-state index contributed by atoms with van der Waals surface area (Å²) in [6.07, 6.45) is 1.31. The number of aromatic hydroxyl groups is 1. The molecule has 0 aliphatic rings. The summed E-state index contributed by atoms with van der Waals surface area (Å²) >= 11 is 10.8. The summed E-state index contributed by atoms with van der Waals surface area (Å²) in [5.41, 5.74) is 2.72. The maximum absolute atomic E-state index is 12.3. The Balaban J connectivity index is 1.57. The Hall–Kier alpha value is -2.42. The first kappa shape index (κ1) is 19.3. The molecule has 27 heavy (non-hydrogen) atoms. The lowest BCUT2D eigenvalue weighted by Crippen LogP contribution is -2.34. The topological polar surface area (TPSA) is 90.8 Å². The lowest BCUT2D eigenvalue weighted by Gasteiger charge is -2.03. The fourth-order valence-corrected chi connectivity index (χ4v) is 4.06. The van der Waals surface area contributed by atoms with Crippen molar-refractivity contribution in [2.45, 2.75) is 0 Å². The fraction of sp³-hybridized carbons (Fsp3) is 0.0556. The molecule has 0 fully saturated rings. The minimum atomic E-state index is -0.508. The number of benzene rings is 2. The van der Waals surface area contributed by atoms with Gasteiger partial charge in [-0.05, 0) is 24.3 Å². The highest BCUT2D eigenvalue weighted by Crippen LogP contribution is 2.34. The molecule has 6 nitrogen and oxygen atoms in total. The van der Waals surface area contributed by atoms with Gasteiger partial charge in [0.15, 0.2) is 0 Å². The molecule has 1 heterocycles. The Morgan fingerprint density at radius 2 is 2.04 bits per heavy atom. The number of halogens is 2. The Morgan fingerprint density at radius 3 is 2.81 bits per heavy atom. The van der Waals surface area contributed by atoms with Crippen LogP contribution in [0.25, 0.3) is 10.1 Å². The molecule has 1 aromatic heterocycles. The van der Waals surface area contributed by atoms with Crippen molar-refractivity contribution in [1.82, 2.24) is 10.7 Å². The molecular formula is C18H13BrClN3O3S. The van der Waals surface area contributed by atoms with Gasteiger partial charge in [0.25, 0.3) is 11.8 Å². The predicted molar refractivity (Wildman–Crippen MR) is 111 cm³/mol. The Labute approximate surface area is 172 Å². The molecule has 0 saturated carbocycles. The number of carbonyl (C=O) groups is 2. The third-order valence-corrected chi connectivity index (χ3v) is 5.70. The van der Waals surface area contributed by atoms with Gasteiger partial charge in [0.05, 0.1) is 17.8 Å². The largest absolute Gasteiger partial charge is 0.507 e. The molecule has 0 unspecified atom stereocenters. The molecule has 0 saturated heterocycles. The molecular weight excluding hydrogens is 454 g/mol. The van der Waals surface area contributed by atoms with Crippen LogP contribution < -0.4 is 10.7 Å². The van der Waals surface area contributed by atoms with Gasteiger partial charge in [-0.3, -0.25) is 9.59 Å². The second kappa shape index (κ2) is 8.51. The number of phenolic OH excluding ortho intramolecular Hbond substituents is 1. The highest BCUT2D eigenvalue weighted by molar-refractivity contribution is 9.10. The van der Waals surface area contributed by atoms with Crippen LogP contribution in [0.2, 0.25) is 5.02 Å². The fourth-order valence-electron chi connectivity index (χ4n) is 2.24. The van der Waals surface area contributed by atoms with Gasteiger partial charge in [-0.25, -0.2) is 5.43 Å². The standard InChI is InChI=1S/C18H13BrClN3O3S/c19-11-5-6-13(24)10(7-11)8-22-23-15(25)9-21-18(26)17-16(20)12-3-1-2-4-14(12)27-17/h1-8,24H,9H2,(H,21,26)(H,23,25)/b22-8+. The van der Waals surface area contributed by atoms with Gasteiger partial charge in [-0.1, -0.05) is 45.7 Å². The van der Waals surface area contributed by atoms with E-state index in [2.05, 4.69) is 31.8 Å². The first-order valence-corrected chi connectivity index (χ1v) is 9.70. The van der Waals surface area contributed by atoms with Crippen LogP contribution in [-0.4, -0.2) is 29.7 Å². The van der Waals surface area contributed by atoms with Crippen LogP contribution in [-0.2, 0) is 4.79 Å². The summed E-state index contributed by atoms with van der Waals surface area (Å²) in [5.74, 6) is -0.903. The van der Waals surface area contributed by atoms with E-state index < -0.39 is 11.8 Å². The van der Waals surface area contributed by atoms with Gasteiger partial charge >= 0.3 is 0 Å². The number of thiophene rings is 1. The highest BCUT2D eigenvalue weighted by atomic mass is 79.9. The number of nitrogens with one attached hydrogen (secondary N) is 2. The van der Waals surface area contributed by atoms with Crippen LogP contribution >= 0.6 is 38.9 Å². The number of hydrogen-bond donors (Lipinski definition) is 3. The highest BCUT2D eigenvalue weighted by Gasteiger charge is 2.17. The molecule has 0 spiro atoms. The number of amides is 2. The van der Waals surface area contributed by atoms with Crippen molar-refractivity contribution in [3.63, 3.8) is 0 Å². The summed E-state index contributed by atoms with van der Waals surface area (Å²) in [5, 5.41) is 17.2. The summed E-state index contributed by atoms with van der Waals surface area (Å²) in [6, 6.07) is 12.3. The van der Waals surface area contributed by atoms with Crippen LogP contribution in [0.5, 0.6) is 5.75 Å². The quantitative estimate of drug-likeness (QED) is 0.393. The van der Waals surface area contributed by atoms with E-state index in [0.717, 1.165) is 14.6 Å². The van der Waals surface area contributed by atoms with E-state index in [4.69, 9.17) is 11.6 Å². The van der Waals surface area contributed by atoms with Crippen molar-refractivity contribution in [2.75, 3.05) is 6.54 Å². The average Bonchev–Trinajstić information content (AvgIpc) is 3.00. The monoisotopic (exact) mass is 465 g/mol. The normalized spacial score (nSPS) is 11.0. The molecule has 3 rings (SSSR count). The Morgan fingerprint density at radius 1 is 1.26 bits per heavy atom.